The Balaban J connectivity index is 1.87. The molecule has 94 valence electrons. The van der Waals surface area contributed by atoms with Crippen LogP contribution in [0.1, 0.15) is 33.1 Å². The van der Waals surface area contributed by atoms with Gasteiger partial charge in [0.2, 0.25) is 0 Å². The Morgan fingerprint density at radius 1 is 1.44 bits per heavy atom. The van der Waals surface area contributed by atoms with E-state index in [1.165, 1.54) is 43.9 Å². The number of likely N-dealkylation sites (N-methyl/N-ethyl adjacent to an activating group) is 1. The molecule has 16 heavy (non-hydrogen) atoms. The molecule has 2 aliphatic heterocycles. The van der Waals surface area contributed by atoms with Crippen molar-refractivity contribution < 1.29 is 0 Å². The lowest BCUT2D eigenvalue weighted by Crippen LogP contribution is -2.53. The standard InChI is InChI=1S/C13H26N2S/c1-13(2)6-4-7-14-12(13)9-15(3)11-5-8-16-10-11/h11-12,14H,4-10H2,1-3H3. The van der Waals surface area contributed by atoms with Crippen LogP contribution in [0.25, 0.3) is 0 Å². The number of thioether (sulfide) groups is 1. The molecule has 0 bridgehead atoms. The van der Waals surface area contributed by atoms with E-state index in [4.69, 9.17) is 0 Å². The molecule has 0 aromatic carbocycles. The third-order valence-corrected chi connectivity index (χ3v) is 5.48. The van der Waals surface area contributed by atoms with Crippen LogP contribution in [0.5, 0.6) is 0 Å². The monoisotopic (exact) mass is 242 g/mol. The quantitative estimate of drug-likeness (QED) is 0.817. The van der Waals surface area contributed by atoms with Crippen LogP contribution in [0.3, 0.4) is 0 Å². The van der Waals surface area contributed by atoms with Gasteiger partial charge in [-0.3, -0.25) is 0 Å². The van der Waals surface area contributed by atoms with Crippen LogP contribution >= 0.6 is 11.8 Å². The van der Waals surface area contributed by atoms with Crippen LogP contribution in [0.2, 0.25) is 0 Å². The second-order valence-corrected chi connectivity index (χ2v) is 7.21. The van der Waals surface area contributed by atoms with Crippen molar-refractivity contribution in [2.24, 2.45) is 5.41 Å². The highest BCUT2D eigenvalue weighted by atomic mass is 32.2. The van der Waals surface area contributed by atoms with E-state index in [9.17, 15) is 0 Å². The summed E-state index contributed by atoms with van der Waals surface area (Å²) in [5.41, 5.74) is 0.470. The van der Waals surface area contributed by atoms with Gasteiger partial charge in [0.25, 0.3) is 0 Å². The number of hydrogen-bond donors (Lipinski definition) is 1. The van der Waals surface area contributed by atoms with Crippen LogP contribution in [0.15, 0.2) is 0 Å². The number of nitrogens with one attached hydrogen (secondary N) is 1. The lowest BCUT2D eigenvalue weighted by Gasteiger charge is -2.42. The molecule has 2 saturated heterocycles. The molecule has 2 atom stereocenters. The van der Waals surface area contributed by atoms with E-state index in [-0.39, 0.29) is 0 Å². The van der Waals surface area contributed by atoms with Gasteiger partial charge in [-0.25, -0.2) is 0 Å². The Morgan fingerprint density at radius 3 is 2.88 bits per heavy atom. The van der Waals surface area contributed by atoms with E-state index >= 15 is 0 Å². The Labute approximate surface area is 105 Å². The first-order valence-corrected chi connectivity index (χ1v) is 7.76. The molecule has 0 spiro atoms. The van der Waals surface area contributed by atoms with Gasteiger partial charge in [0.1, 0.15) is 0 Å². The summed E-state index contributed by atoms with van der Waals surface area (Å²) in [6.07, 6.45) is 4.10. The van der Waals surface area contributed by atoms with Crippen molar-refractivity contribution in [3.63, 3.8) is 0 Å². The van der Waals surface area contributed by atoms with Gasteiger partial charge in [0.15, 0.2) is 0 Å². The molecule has 3 heteroatoms. The number of nitrogens with zero attached hydrogens (tertiary/aromatic N) is 1. The van der Waals surface area contributed by atoms with E-state index in [1.54, 1.807) is 0 Å². The van der Waals surface area contributed by atoms with Gasteiger partial charge in [-0.05, 0) is 44.0 Å². The molecule has 2 heterocycles. The number of rotatable bonds is 3. The second kappa shape index (κ2) is 5.28. The molecule has 2 unspecified atom stereocenters. The Kier molecular flexibility index (Phi) is 4.20. The van der Waals surface area contributed by atoms with Crippen molar-refractivity contribution in [2.75, 3.05) is 31.6 Å². The summed E-state index contributed by atoms with van der Waals surface area (Å²) in [7, 11) is 2.31. The van der Waals surface area contributed by atoms with Gasteiger partial charge in [-0.15, -0.1) is 0 Å². The van der Waals surface area contributed by atoms with Crippen LogP contribution < -0.4 is 5.32 Å². The van der Waals surface area contributed by atoms with Gasteiger partial charge in [0, 0.05) is 24.4 Å². The molecule has 0 saturated carbocycles. The van der Waals surface area contributed by atoms with Gasteiger partial charge in [-0.1, -0.05) is 13.8 Å². The predicted octanol–water partition coefficient (Wildman–Crippen LogP) is 2.20. The molecule has 0 radical (unpaired) electrons. The lowest BCUT2D eigenvalue weighted by atomic mass is 9.77. The Hall–Kier alpha value is 0.270. The molecule has 2 rings (SSSR count). The number of piperidine rings is 1. The average Bonchev–Trinajstić information content (AvgIpc) is 2.74. The van der Waals surface area contributed by atoms with Crippen molar-refractivity contribution in [3.05, 3.63) is 0 Å². The van der Waals surface area contributed by atoms with Crippen LogP contribution in [0, 0.1) is 5.41 Å². The van der Waals surface area contributed by atoms with Gasteiger partial charge in [0.05, 0.1) is 0 Å². The third-order valence-electron chi connectivity index (χ3n) is 4.33. The molecule has 2 fully saturated rings. The summed E-state index contributed by atoms with van der Waals surface area (Å²) >= 11 is 2.11. The SMILES string of the molecule is CN(CC1NCCCC1(C)C)C1CCSC1. The average molecular weight is 242 g/mol. The van der Waals surface area contributed by atoms with Crippen LogP contribution in [0.4, 0.5) is 0 Å². The fraction of sp³-hybridized carbons (Fsp3) is 1.00. The van der Waals surface area contributed by atoms with Crippen molar-refractivity contribution >= 4 is 11.8 Å². The maximum atomic E-state index is 3.72. The van der Waals surface area contributed by atoms with Gasteiger partial charge in [-0.2, -0.15) is 11.8 Å². The molecule has 0 aromatic rings. The summed E-state index contributed by atoms with van der Waals surface area (Å²) < 4.78 is 0. The number of hydrogen-bond acceptors (Lipinski definition) is 3. The zero-order valence-electron chi connectivity index (χ0n) is 11.0. The molecule has 0 aromatic heterocycles. The molecule has 0 aliphatic carbocycles. The molecule has 2 aliphatic rings. The maximum Gasteiger partial charge on any atom is 0.0246 e. The van der Waals surface area contributed by atoms with E-state index < -0.39 is 0 Å². The van der Waals surface area contributed by atoms with E-state index in [0.717, 1.165) is 6.04 Å². The topological polar surface area (TPSA) is 15.3 Å². The Bertz CT molecular complexity index is 224. The molecule has 0 amide bonds. The summed E-state index contributed by atoms with van der Waals surface area (Å²) in [6.45, 7) is 7.27. The van der Waals surface area contributed by atoms with E-state index in [0.29, 0.717) is 11.5 Å². The van der Waals surface area contributed by atoms with Gasteiger partial charge >= 0.3 is 0 Å². The highest BCUT2D eigenvalue weighted by molar-refractivity contribution is 7.99. The summed E-state index contributed by atoms with van der Waals surface area (Å²) in [4.78, 5) is 2.59. The van der Waals surface area contributed by atoms with E-state index in [2.05, 4.69) is 42.9 Å². The summed E-state index contributed by atoms with van der Waals surface area (Å²) in [6, 6.07) is 1.50. The van der Waals surface area contributed by atoms with Crippen molar-refractivity contribution in [1.29, 1.82) is 0 Å². The molecule has 2 nitrogen and oxygen atoms in total. The zero-order valence-corrected chi connectivity index (χ0v) is 11.8. The minimum atomic E-state index is 0.470. The third kappa shape index (κ3) is 2.93. The van der Waals surface area contributed by atoms with Gasteiger partial charge < -0.3 is 10.2 Å². The fourth-order valence-corrected chi connectivity index (χ4v) is 4.19. The summed E-state index contributed by atoms with van der Waals surface area (Å²) in [5.74, 6) is 2.69. The normalized spacial score (nSPS) is 34.5. The minimum Gasteiger partial charge on any atom is -0.312 e. The minimum absolute atomic E-state index is 0.470. The fourth-order valence-electron chi connectivity index (χ4n) is 2.89. The van der Waals surface area contributed by atoms with Crippen molar-refractivity contribution in [2.45, 2.75) is 45.2 Å². The predicted molar refractivity (Wildman–Crippen MR) is 73.2 cm³/mol. The first kappa shape index (κ1) is 12.7. The van der Waals surface area contributed by atoms with Crippen LogP contribution in [-0.4, -0.2) is 48.6 Å². The van der Waals surface area contributed by atoms with Crippen molar-refractivity contribution in [1.82, 2.24) is 10.2 Å². The largest absolute Gasteiger partial charge is 0.312 e. The maximum absolute atomic E-state index is 3.72. The summed E-state index contributed by atoms with van der Waals surface area (Å²) in [5, 5.41) is 3.72. The highest BCUT2D eigenvalue weighted by Crippen LogP contribution is 2.31. The first-order chi connectivity index (χ1) is 7.59. The Morgan fingerprint density at radius 2 is 2.25 bits per heavy atom. The molecular weight excluding hydrogens is 216 g/mol. The second-order valence-electron chi connectivity index (χ2n) is 6.06. The lowest BCUT2D eigenvalue weighted by molar-refractivity contribution is 0.123. The zero-order chi connectivity index (χ0) is 11.6. The van der Waals surface area contributed by atoms with E-state index in [1.807, 2.05) is 0 Å². The highest BCUT2D eigenvalue weighted by Gasteiger charge is 2.34. The molecular formula is C13H26N2S. The first-order valence-electron chi connectivity index (χ1n) is 6.61. The molecule has 1 N–H and O–H groups in total. The van der Waals surface area contributed by atoms with Crippen molar-refractivity contribution in [3.8, 4) is 0 Å². The smallest absolute Gasteiger partial charge is 0.0246 e. The van der Waals surface area contributed by atoms with Crippen LogP contribution in [-0.2, 0) is 0 Å².